The van der Waals surface area contributed by atoms with Crippen molar-refractivity contribution in [2.45, 2.75) is 20.0 Å². The summed E-state index contributed by atoms with van der Waals surface area (Å²) in [6.07, 6.45) is 1.46. The smallest absolute Gasteiger partial charge is 0.327 e. The summed E-state index contributed by atoms with van der Waals surface area (Å²) in [6.45, 7) is 3.73. The number of hydrogen-bond donors (Lipinski definition) is 1. The van der Waals surface area contributed by atoms with Crippen molar-refractivity contribution in [1.82, 2.24) is 0 Å². The number of esters is 1. The minimum absolute atomic E-state index is 0.238. The summed E-state index contributed by atoms with van der Waals surface area (Å²) in [5, 5.41) is 18.3. The van der Waals surface area contributed by atoms with Crippen molar-refractivity contribution in [2.75, 3.05) is 0 Å². The topological polar surface area (TPSA) is 96.6 Å². The Morgan fingerprint density at radius 2 is 1.83 bits per heavy atom. The van der Waals surface area contributed by atoms with E-state index in [1.54, 1.807) is 24.3 Å². The molecule has 0 aromatic heterocycles. The van der Waals surface area contributed by atoms with Gasteiger partial charge in [0.15, 0.2) is 0 Å². The molecule has 1 saturated carbocycles. The second kappa shape index (κ2) is 8.19. The Morgan fingerprint density at radius 1 is 1.14 bits per heavy atom. The molecule has 3 rings (SSSR count). The maximum Gasteiger partial charge on any atom is 0.327 e. The van der Waals surface area contributed by atoms with E-state index in [9.17, 15) is 14.9 Å². The largest absolute Gasteiger partial charge is 0.478 e. The Balaban J connectivity index is 1.70. The van der Waals surface area contributed by atoms with Gasteiger partial charge in [-0.25, -0.2) is 4.79 Å². The first-order chi connectivity index (χ1) is 13.8. The highest BCUT2D eigenvalue weighted by molar-refractivity contribution is 5.82. The Bertz CT molecular complexity index is 974. The average Bonchev–Trinajstić information content (AvgIpc) is 3.26. The second-order valence-electron chi connectivity index (χ2n) is 7.46. The number of nitrogens with zero attached hydrogens (tertiary/aromatic N) is 1. The number of carbonyl (C=O) groups excluding carboxylic acids is 1. The zero-order valence-electron chi connectivity index (χ0n) is 16.1. The van der Waals surface area contributed by atoms with Crippen LogP contribution < -0.4 is 4.74 Å². The highest BCUT2D eigenvalue weighted by Gasteiger charge is 2.61. The van der Waals surface area contributed by atoms with Crippen molar-refractivity contribution in [1.29, 1.82) is 5.26 Å². The molecule has 2 aromatic carbocycles. The molecule has 1 aliphatic carbocycles. The van der Waals surface area contributed by atoms with E-state index < -0.39 is 29.4 Å². The van der Waals surface area contributed by atoms with Crippen LogP contribution in [0.1, 0.15) is 25.5 Å². The van der Waals surface area contributed by atoms with Gasteiger partial charge in [0, 0.05) is 11.6 Å². The summed E-state index contributed by atoms with van der Waals surface area (Å²) in [5.74, 6) is -1.13. The van der Waals surface area contributed by atoms with E-state index in [-0.39, 0.29) is 5.92 Å². The molecule has 6 heteroatoms. The van der Waals surface area contributed by atoms with Crippen LogP contribution in [0.3, 0.4) is 0 Å². The SMILES string of the molecule is CC1(C)[C@H](C(=O)OC(C#N)c2cccc(Oc3ccccc3)c2)[C@@H]1C=CC(=O)O. The van der Waals surface area contributed by atoms with Crippen molar-refractivity contribution >= 4 is 11.9 Å². The normalized spacial score (nSPS) is 20.4. The molecule has 1 N–H and O–H groups in total. The minimum Gasteiger partial charge on any atom is -0.478 e. The fourth-order valence-corrected chi connectivity index (χ4v) is 3.40. The number of ether oxygens (including phenoxy) is 2. The van der Waals surface area contributed by atoms with Gasteiger partial charge in [0.25, 0.3) is 0 Å². The number of allylic oxidation sites excluding steroid dienone is 1. The molecule has 6 nitrogen and oxygen atoms in total. The first kappa shape index (κ1) is 20.2. The van der Waals surface area contributed by atoms with E-state index in [1.165, 1.54) is 6.08 Å². The number of rotatable bonds is 7. The van der Waals surface area contributed by atoms with Gasteiger partial charge in [-0.3, -0.25) is 4.79 Å². The zero-order valence-corrected chi connectivity index (χ0v) is 16.1. The fourth-order valence-electron chi connectivity index (χ4n) is 3.40. The van der Waals surface area contributed by atoms with E-state index in [2.05, 4.69) is 0 Å². The molecule has 2 aromatic rings. The second-order valence-corrected chi connectivity index (χ2v) is 7.46. The number of carboxylic acids is 1. The van der Waals surface area contributed by atoms with Gasteiger partial charge in [0.1, 0.15) is 17.6 Å². The quantitative estimate of drug-likeness (QED) is 0.551. The Hall–Kier alpha value is -3.59. The summed E-state index contributed by atoms with van der Waals surface area (Å²) >= 11 is 0. The predicted octanol–water partition coefficient (Wildman–Crippen LogP) is 4.50. The molecular weight excluding hydrogens is 370 g/mol. The molecule has 3 atom stereocenters. The van der Waals surface area contributed by atoms with Gasteiger partial charge >= 0.3 is 11.9 Å². The van der Waals surface area contributed by atoms with Crippen LogP contribution in [0.4, 0.5) is 0 Å². The number of carboxylic acid groups (broad SMARTS) is 1. The van der Waals surface area contributed by atoms with Gasteiger partial charge in [0.2, 0.25) is 6.10 Å². The fraction of sp³-hybridized carbons (Fsp3) is 0.261. The van der Waals surface area contributed by atoms with Crippen molar-refractivity contribution in [3.8, 4) is 17.6 Å². The maximum atomic E-state index is 12.6. The molecule has 0 heterocycles. The molecule has 29 heavy (non-hydrogen) atoms. The Morgan fingerprint density at radius 3 is 2.48 bits per heavy atom. The lowest BCUT2D eigenvalue weighted by Gasteiger charge is -2.13. The summed E-state index contributed by atoms with van der Waals surface area (Å²) in [6, 6.07) is 18.1. The lowest BCUT2D eigenvalue weighted by Crippen LogP contribution is -2.14. The van der Waals surface area contributed by atoms with Crippen molar-refractivity contribution < 1.29 is 24.2 Å². The summed E-state index contributed by atoms with van der Waals surface area (Å²) in [4.78, 5) is 23.3. The van der Waals surface area contributed by atoms with Crippen molar-refractivity contribution in [2.24, 2.45) is 17.3 Å². The van der Waals surface area contributed by atoms with Crippen molar-refractivity contribution in [3.05, 3.63) is 72.3 Å². The predicted molar refractivity (Wildman–Crippen MR) is 105 cm³/mol. The standard InChI is InChI=1S/C23H21NO5/c1-23(2)18(11-12-20(25)26)21(23)22(27)29-19(14-24)15-7-6-10-17(13-15)28-16-8-4-3-5-9-16/h3-13,18-19,21H,1-2H3,(H,25,26)/t18-,19?,21-/m0/s1. The molecule has 0 aliphatic heterocycles. The Labute approximate surface area is 169 Å². The molecule has 0 radical (unpaired) electrons. The first-order valence-electron chi connectivity index (χ1n) is 9.17. The third-order valence-electron chi connectivity index (χ3n) is 5.10. The van der Waals surface area contributed by atoms with E-state index >= 15 is 0 Å². The molecule has 0 saturated heterocycles. The number of benzene rings is 2. The summed E-state index contributed by atoms with van der Waals surface area (Å²) in [5.41, 5.74) is 0.0896. The van der Waals surface area contributed by atoms with Crippen LogP contribution in [0.25, 0.3) is 0 Å². The van der Waals surface area contributed by atoms with E-state index in [0.717, 1.165) is 6.08 Å². The zero-order chi connectivity index (χ0) is 21.0. The van der Waals surface area contributed by atoms with Gasteiger partial charge in [0.05, 0.1) is 5.92 Å². The lowest BCUT2D eigenvalue weighted by atomic mass is 10.1. The van der Waals surface area contributed by atoms with Gasteiger partial charge in [-0.15, -0.1) is 0 Å². The van der Waals surface area contributed by atoms with Crippen LogP contribution in [0.15, 0.2) is 66.7 Å². The molecule has 0 spiro atoms. The molecule has 1 unspecified atom stereocenters. The minimum atomic E-state index is -1.08. The van der Waals surface area contributed by atoms with Gasteiger partial charge in [-0.1, -0.05) is 50.3 Å². The molecule has 148 valence electrons. The third kappa shape index (κ3) is 4.64. The van der Waals surface area contributed by atoms with Crippen LogP contribution in [0, 0.1) is 28.6 Å². The van der Waals surface area contributed by atoms with Crippen LogP contribution >= 0.6 is 0 Å². The lowest BCUT2D eigenvalue weighted by molar-refractivity contribution is -0.149. The molecule has 0 bridgehead atoms. The highest BCUT2D eigenvalue weighted by Crippen LogP contribution is 2.59. The van der Waals surface area contributed by atoms with Crippen LogP contribution in [0.5, 0.6) is 11.5 Å². The highest BCUT2D eigenvalue weighted by atomic mass is 16.5. The number of carbonyl (C=O) groups is 2. The third-order valence-corrected chi connectivity index (χ3v) is 5.10. The van der Waals surface area contributed by atoms with Gasteiger partial charge < -0.3 is 14.6 Å². The van der Waals surface area contributed by atoms with Crippen molar-refractivity contribution in [3.63, 3.8) is 0 Å². The maximum absolute atomic E-state index is 12.6. The van der Waals surface area contributed by atoms with E-state index in [0.29, 0.717) is 17.1 Å². The first-order valence-corrected chi connectivity index (χ1v) is 9.17. The summed E-state index contributed by atoms with van der Waals surface area (Å²) < 4.78 is 11.2. The number of aliphatic carboxylic acids is 1. The number of nitriles is 1. The summed E-state index contributed by atoms with van der Waals surface area (Å²) in [7, 11) is 0. The molecular formula is C23H21NO5. The number of hydrogen-bond acceptors (Lipinski definition) is 5. The van der Waals surface area contributed by atoms with E-state index in [1.807, 2.05) is 50.2 Å². The monoisotopic (exact) mass is 391 g/mol. The van der Waals surface area contributed by atoms with Gasteiger partial charge in [-0.05, 0) is 35.6 Å². The number of para-hydroxylation sites is 1. The van der Waals surface area contributed by atoms with Crippen LogP contribution in [-0.2, 0) is 14.3 Å². The van der Waals surface area contributed by atoms with Crippen LogP contribution in [-0.4, -0.2) is 17.0 Å². The van der Waals surface area contributed by atoms with Gasteiger partial charge in [-0.2, -0.15) is 5.26 Å². The van der Waals surface area contributed by atoms with E-state index in [4.69, 9.17) is 14.6 Å². The molecule has 1 fully saturated rings. The molecule has 1 aliphatic rings. The van der Waals surface area contributed by atoms with Crippen LogP contribution in [0.2, 0.25) is 0 Å². The average molecular weight is 391 g/mol. The Kier molecular flexibility index (Phi) is 5.69. The molecule has 0 amide bonds.